The van der Waals surface area contributed by atoms with E-state index in [9.17, 15) is 13.2 Å². The number of benzene rings is 3. The van der Waals surface area contributed by atoms with Gasteiger partial charge in [0.2, 0.25) is 10.0 Å². The average Bonchev–Trinajstić information content (AvgIpc) is 2.90. The van der Waals surface area contributed by atoms with Gasteiger partial charge in [-0.2, -0.15) is 4.31 Å². The van der Waals surface area contributed by atoms with Crippen LogP contribution in [0, 0.1) is 0 Å². The normalized spacial score (nSPS) is 15.5. The summed E-state index contributed by atoms with van der Waals surface area (Å²) in [6, 6.07) is 22.8. The van der Waals surface area contributed by atoms with E-state index in [0.717, 1.165) is 24.0 Å². The Kier molecular flexibility index (Phi) is 8.80. The van der Waals surface area contributed by atoms with Crippen molar-refractivity contribution in [1.82, 2.24) is 9.62 Å². The Hall–Kier alpha value is -2.71. The highest BCUT2D eigenvalue weighted by atomic mass is 35.5. The van der Waals surface area contributed by atoms with Crippen molar-refractivity contribution in [2.45, 2.75) is 49.7 Å². The second-order valence-electron chi connectivity index (χ2n) is 8.90. The highest BCUT2D eigenvalue weighted by Gasteiger charge is 2.32. The molecule has 0 unspecified atom stereocenters. The van der Waals surface area contributed by atoms with Gasteiger partial charge in [-0.3, -0.25) is 4.79 Å². The molecular formula is C28H31ClN2O4S. The molecule has 4 rings (SSSR count). The zero-order chi connectivity index (χ0) is 25.5. The van der Waals surface area contributed by atoms with Crippen molar-refractivity contribution in [1.29, 1.82) is 0 Å². The average molecular weight is 527 g/mol. The van der Waals surface area contributed by atoms with E-state index >= 15 is 0 Å². The number of carbonyl (C=O) groups is 1. The summed E-state index contributed by atoms with van der Waals surface area (Å²) in [6.45, 7) is 3.45. The van der Waals surface area contributed by atoms with E-state index in [-0.39, 0.29) is 29.4 Å². The predicted octanol–water partition coefficient (Wildman–Crippen LogP) is 5.59. The van der Waals surface area contributed by atoms with Gasteiger partial charge in [0.15, 0.2) is 0 Å². The van der Waals surface area contributed by atoms with Crippen LogP contribution in [0.15, 0.2) is 83.8 Å². The van der Waals surface area contributed by atoms with Crippen LogP contribution in [0.25, 0.3) is 0 Å². The molecule has 3 aromatic rings. The zero-order valence-corrected chi connectivity index (χ0v) is 21.8. The van der Waals surface area contributed by atoms with Gasteiger partial charge in [0.25, 0.3) is 5.91 Å². The van der Waals surface area contributed by atoms with Gasteiger partial charge in [0, 0.05) is 36.4 Å². The Morgan fingerprint density at radius 2 is 1.64 bits per heavy atom. The molecule has 1 heterocycles. The van der Waals surface area contributed by atoms with Gasteiger partial charge in [-0.05, 0) is 66.8 Å². The minimum absolute atomic E-state index is 0.113. The van der Waals surface area contributed by atoms with Crippen molar-refractivity contribution in [3.8, 4) is 0 Å². The molecular weight excluding hydrogens is 496 g/mol. The van der Waals surface area contributed by atoms with Crippen LogP contribution in [-0.4, -0.2) is 37.9 Å². The summed E-state index contributed by atoms with van der Waals surface area (Å²) in [6.07, 6.45) is 2.21. The highest BCUT2D eigenvalue weighted by Crippen LogP contribution is 2.32. The number of hydrogen-bond donors (Lipinski definition) is 1. The van der Waals surface area contributed by atoms with Crippen LogP contribution in [0.4, 0.5) is 0 Å². The fourth-order valence-electron chi connectivity index (χ4n) is 4.44. The van der Waals surface area contributed by atoms with Crippen LogP contribution >= 0.6 is 11.6 Å². The smallest absolute Gasteiger partial charge is 0.251 e. The maximum atomic E-state index is 13.8. The minimum Gasteiger partial charge on any atom is -0.381 e. The number of sulfonamides is 1. The third-order valence-electron chi connectivity index (χ3n) is 6.45. The molecule has 0 saturated carbocycles. The summed E-state index contributed by atoms with van der Waals surface area (Å²) in [5, 5.41) is 3.54. The predicted molar refractivity (Wildman–Crippen MR) is 141 cm³/mol. The number of rotatable bonds is 9. The van der Waals surface area contributed by atoms with E-state index in [1.807, 2.05) is 49.4 Å². The molecule has 0 aliphatic carbocycles. The van der Waals surface area contributed by atoms with E-state index in [0.29, 0.717) is 30.2 Å². The maximum Gasteiger partial charge on any atom is 0.251 e. The van der Waals surface area contributed by atoms with E-state index in [1.54, 1.807) is 24.3 Å². The molecule has 1 atom stereocenters. The van der Waals surface area contributed by atoms with Crippen molar-refractivity contribution in [2.24, 2.45) is 0 Å². The number of amides is 1. The summed E-state index contributed by atoms with van der Waals surface area (Å²) in [5.74, 6) is -0.130. The third kappa shape index (κ3) is 6.34. The topological polar surface area (TPSA) is 75.7 Å². The first-order chi connectivity index (χ1) is 17.4. The molecule has 0 bridgehead atoms. The first-order valence-electron chi connectivity index (χ1n) is 12.2. The fraction of sp³-hybridized carbons (Fsp3) is 0.321. The summed E-state index contributed by atoms with van der Waals surface area (Å²) in [5.41, 5.74) is 2.27. The van der Waals surface area contributed by atoms with Crippen LogP contribution in [0.3, 0.4) is 0 Å². The van der Waals surface area contributed by atoms with Crippen LogP contribution in [0.5, 0.6) is 0 Å². The summed E-state index contributed by atoms with van der Waals surface area (Å²) in [4.78, 5) is 12.9. The molecule has 3 aromatic carbocycles. The minimum atomic E-state index is -3.84. The van der Waals surface area contributed by atoms with Gasteiger partial charge in [-0.1, -0.05) is 61.0 Å². The quantitative estimate of drug-likeness (QED) is 0.394. The molecule has 0 aromatic heterocycles. The number of hydrogen-bond acceptors (Lipinski definition) is 4. The number of carbonyl (C=O) groups excluding carboxylic acids is 1. The Morgan fingerprint density at radius 3 is 2.25 bits per heavy atom. The van der Waals surface area contributed by atoms with Crippen molar-refractivity contribution in [3.05, 3.63) is 101 Å². The number of halogens is 1. The van der Waals surface area contributed by atoms with Crippen molar-refractivity contribution in [3.63, 3.8) is 0 Å². The lowest BCUT2D eigenvalue weighted by molar-refractivity contribution is 0.0696. The lowest BCUT2D eigenvalue weighted by Gasteiger charge is -2.31. The number of ether oxygens (including phenoxy) is 1. The van der Waals surface area contributed by atoms with Gasteiger partial charge in [0.05, 0.1) is 10.9 Å². The van der Waals surface area contributed by atoms with Crippen molar-refractivity contribution >= 4 is 27.5 Å². The molecule has 1 saturated heterocycles. The van der Waals surface area contributed by atoms with Crippen LogP contribution in [0.2, 0.25) is 5.02 Å². The summed E-state index contributed by atoms with van der Waals surface area (Å²) >= 11 is 6.01. The molecule has 190 valence electrons. The summed E-state index contributed by atoms with van der Waals surface area (Å²) in [7, 11) is -3.84. The lowest BCUT2D eigenvalue weighted by atomic mass is 10.0. The van der Waals surface area contributed by atoms with Gasteiger partial charge >= 0.3 is 0 Å². The maximum absolute atomic E-state index is 13.8. The monoisotopic (exact) mass is 526 g/mol. The Labute approximate surface area is 218 Å². The van der Waals surface area contributed by atoms with E-state index in [2.05, 4.69) is 5.32 Å². The molecule has 0 spiro atoms. The molecule has 8 heteroatoms. The zero-order valence-electron chi connectivity index (χ0n) is 20.3. The Morgan fingerprint density at radius 1 is 1.00 bits per heavy atom. The van der Waals surface area contributed by atoms with Gasteiger partial charge in [-0.25, -0.2) is 8.42 Å². The molecule has 1 N–H and O–H groups in total. The van der Waals surface area contributed by atoms with E-state index in [1.165, 1.54) is 16.4 Å². The van der Waals surface area contributed by atoms with Crippen LogP contribution < -0.4 is 5.32 Å². The molecule has 6 nitrogen and oxygen atoms in total. The second kappa shape index (κ2) is 12.0. The van der Waals surface area contributed by atoms with Gasteiger partial charge in [-0.15, -0.1) is 0 Å². The number of nitrogens with zero attached hydrogens (tertiary/aromatic N) is 1. The molecule has 1 aliphatic heterocycles. The standard InChI is InChI=1S/C28H31ClN2O4S/c1-2-27(22-6-4-3-5-7-22)31(36(33,34)26-14-12-24(29)13-15-26)20-21-8-10-23(11-9-21)28(32)30-25-16-18-35-19-17-25/h3-15,25,27H,2,16-20H2,1H3,(H,30,32)/t27-/m0/s1. The fourth-order valence-corrected chi connectivity index (χ4v) is 6.24. The number of nitrogens with one attached hydrogen (secondary N) is 1. The molecule has 1 fully saturated rings. The van der Waals surface area contributed by atoms with E-state index in [4.69, 9.17) is 16.3 Å². The SMILES string of the molecule is CC[C@@H](c1ccccc1)N(Cc1ccc(C(=O)NC2CCOCC2)cc1)S(=O)(=O)c1ccc(Cl)cc1. The molecule has 1 amide bonds. The Bertz CT molecular complexity index is 1240. The third-order valence-corrected chi connectivity index (χ3v) is 8.57. The first-order valence-corrected chi connectivity index (χ1v) is 14.0. The van der Waals surface area contributed by atoms with Gasteiger partial charge in [0.1, 0.15) is 0 Å². The largest absolute Gasteiger partial charge is 0.381 e. The molecule has 0 radical (unpaired) electrons. The summed E-state index contributed by atoms with van der Waals surface area (Å²) < 4.78 is 34.5. The van der Waals surface area contributed by atoms with E-state index < -0.39 is 10.0 Å². The lowest BCUT2D eigenvalue weighted by Crippen LogP contribution is -2.38. The Balaban J connectivity index is 1.60. The van der Waals surface area contributed by atoms with Gasteiger partial charge < -0.3 is 10.1 Å². The highest BCUT2D eigenvalue weighted by molar-refractivity contribution is 7.89. The van der Waals surface area contributed by atoms with Crippen LogP contribution in [-0.2, 0) is 21.3 Å². The second-order valence-corrected chi connectivity index (χ2v) is 11.2. The first kappa shape index (κ1) is 26.4. The van der Waals surface area contributed by atoms with Crippen LogP contribution in [0.1, 0.15) is 53.7 Å². The molecule has 1 aliphatic rings. The molecule has 36 heavy (non-hydrogen) atoms. The van der Waals surface area contributed by atoms with Crippen molar-refractivity contribution in [2.75, 3.05) is 13.2 Å². The van der Waals surface area contributed by atoms with Crippen molar-refractivity contribution < 1.29 is 17.9 Å².